The first kappa shape index (κ1) is 14.6. The summed E-state index contributed by atoms with van der Waals surface area (Å²) in [5.74, 6) is -1.96. The van der Waals surface area contributed by atoms with Crippen LogP contribution in [-0.4, -0.2) is 42.7 Å². The van der Waals surface area contributed by atoms with Crippen molar-refractivity contribution in [1.82, 2.24) is 10.2 Å². The van der Waals surface area contributed by atoms with Crippen LogP contribution in [0.2, 0.25) is 0 Å². The van der Waals surface area contributed by atoms with E-state index in [9.17, 15) is 18.0 Å². The third-order valence-electron chi connectivity index (χ3n) is 4.69. The van der Waals surface area contributed by atoms with Gasteiger partial charge in [-0.15, -0.1) is 0 Å². The molecule has 1 atom stereocenters. The van der Waals surface area contributed by atoms with Gasteiger partial charge < -0.3 is 10.2 Å². The number of rotatable bonds is 1. The van der Waals surface area contributed by atoms with Gasteiger partial charge in [0.25, 0.3) is 0 Å². The van der Waals surface area contributed by atoms with Crippen molar-refractivity contribution in [2.45, 2.75) is 45.3 Å². The van der Waals surface area contributed by atoms with Gasteiger partial charge in [-0.3, -0.25) is 4.79 Å². The van der Waals surface area contributed by atoms with Crippen LogP contribution in [0.5, 0.6) is 0 Å². The molecule has 2 rings (SSSR count). The normalized spacial score (nSPS) is 28.7. The monoisotopic (exact) mass is 278 g/mol. The Hall–Kier alpha value is -0.780. The Bertz CT molecular complexity index is 346. The third kappa shape index (κ3) is 2.88. The molecule has 19 heavy (non-hydrogen) atoms. The maximum Gasteiger partial charge on any atom is 0.392 e. The van der Waals surface area contributed by atoms with Gasteiger partial charge in [0.05, 0.1) is 5.92 Å². The van der Waals surface area contributed by atoms with Gasteiger partial charge in [0, 0.05) is 24.4 Å². The Kier molecular flexibility index (Phi) is 3.82. The standard InChI is InChI=1S/C13H21F3N2O/c1-9(2)18-5-3-12(4-6-18)8-17-11(19)7-10(12)13(14,15)16/h9-10H,3-8H2,1-2H3,(H,17,19)/t10-/m0/s1. The van der Waals surface area contributed by atoms with E-state index in [1.54, 1.807) is 0 Å². The number of amides is 1. The van der Waals surface area contributed by atoms with Gasteiger partial charge in [0.1, 0.15) is 0 Å². The molecule has 0 aromatic rings. The fourth-order valence-corrected chi connectivity index (χ4v) is 3.35. The molecule has 1 N–H and O–H groups in total. The third-order valence-corrected chi connectivity index (χ3v) is 4.69. The number of alkyl halides is 3. The summed E-state index contributed by atoms with van der Waals surface area (Å²) in [6, 6.07) is 0.361. The lowest BCUT2D eigenvalue weighted by molar-refractivity contribution is -0.222. The largest absolute Gasteiger partial charge is 0.392 e. The van der Waals surface area contributed by atoms with E-state index in [1.165, 1.54) is 0 Å². The second-order valence-corrected chi connectivity index (χ2v) is 6.07. The fourth-order valence-electron chi connectivity index (χ4n) is 3.35. The van der Waals surface area contributed by atoms with Crippen LogP contribution in [0.1, 0.15) is 33.1 Å². The van der Waals surface area contributed by atoms with Crippen molar-refractivity contribution in [3.05, 3.63) is 0 Å². The molecule has 1 amide bonds. The highest BCUT2D eigenvalue weighted by atomic mass is 19.4. The number of hydrogen-bond donors (Lipinski definition) is 1. The highest BCUT2D eigenvalue weighted by molar-refractivity contribution is 5.77. The van der Waals surface area contributed by atoms with Gasteiger partial charge in [-0.05, 0) is 39.8 Å². The van der Waals surface area contributed by atoms with Crippen LogP contribution >= 0.6 is 0 Å². The molecule has 0 aliphatic carbocycles. The molecule has 2 saturated heterocycles. The second kappa shape index (κ2) is 4.96. The summed E-state index contributed by atoms with van der Waals surface area (Å²) in [6.45, 7) is 5.64. The van der Waals surface area contributed by atoms with E-state index in [4.69, 9.17) is 0 Å². The molecule has 2 aliphatic heterocycles. The van der Waals surface area contributed by atoms with Gasteiger partial charge in [-0.1, -0.05) is 0 Å². The van der Waals surface area contributed by atoms with Crippen LogP contribution in [0.4, 0.5) is 13.2 Å². The van der Waals surface area contributed by atoms with Crippen LogP contribution in [0.15, 0.2) is 0 Å². The predicted octanol–water partition coefficient (Wildman–Crippen LogP) is 2.18. The molecule has 1 spiro atoms. The first-order valence-corrected chi connectivity index (χ1v) is 6.82. The summed E-state index contributed by atoms with van der Waals surface area (Å²) in [5, 5.41) is 2.63. The number of likely N-dealkylation sites (tertiary alicyclic amines) is 1. The molecule has 2 heterocycles. The number of halogens is 3. The molecule has 2 aliphatic rings. The zero-order valence-electron chi connectivity index (χ0n) is 11.4. The molecule has 6 heteroatoms. The van der Waals surface area contributed by atoms with Crippen molar-refractivity contribution in [2.24, 2.45) is 11.3 Å². The maximum atomic E-state index is 13.2. The molecular formula is C13H21F3N2O. The Morgan fingerprint density at radius 2 is 1.89 bits per heavy atom. The van der Waals surface area contributed by atoms with Crippen LogP contribution in [0.25, 0.3) is 0 Å². The molecule has 0 unspecified atom stereocenters. The van der Waals surface area contributed by atoms with E-state index in [1.807, 2.05) is 0 Å². The first-order chi connectivity index (χ1) is 8.74. The molecule has 2 fully saturated rings. The van der Waals surface area contributed by atoms with E-state index >= 15 is 0 Å². The highest BCUT2D eigenvalue weighted by Crippen LogP contribution is 2.49. The van der Waals surface area contributed by atoms with Crippen molar-refractivity contribution < 1.29 is 18.0 Å². The summed E-state index contributed by atoms with van der Waals surface area (Å²) < 4.78 is 39.6. The Balaban J connectivity index is 2.15. The van der Waals surface area contributed by atoms with E-state index in [0.717, 1.165) is 0 Å². The average Bonchev–Trinajstić information content (AvgIpc) is 2.32. The predicted molar refractivity (Wildman–Crippen MR) is 65.5 cm³/mol. The number of carbonyl (C=O) groups is 1. The van der Waals surface area contributed by atoms with Gasteiger partial charge in [0.15, 0.2) is 0 Å². The van der Waals surface area contributed by atoms with E-state index in [-0.39, 0.29) is 6.54 Å². The highest BCUT2D eigenvalue weighted by Gasteiger charge is 2.56. The van der Waals surface area contributed by atoms with Crippen molar-refractivity contribution in [3.63, 3.8) is 0 Å². The minimum absolute atomic E-state index is 0.169. The lowest BCUT2D eigenvalue weighted by atomic mass is 9.65. The zero-order chi connectivity index (χ0) is 14.3. The molecule has 0 saturated carbocycles. The lowest BCUT2D eigenvalue weighted by Crippen LogP contribution is -2.58. The summed E-state index contributed by atoms with van der Waals surface area (Å²) in [4.78, 5) is 13.5. The van der Waals surface area contributed by atoms with Crippen molar-refractivity contribution in [3.8, 4) is 0 Å². The fraction of sp³-hybridized carbons (Fsp3) is 0.923. The van der Waals surface area contributed by atoms with Crippen molar-refractivity contribution in [1.29, 1.82) is 0 Å². The summed E-state index contributed by atoms with van der Waals surface area (Å²) in [5.41, 5.74) is -0.794. The average molecular weight is 278 g/mol. The summed E-state index contributed by atoms with van der Waals surface area (Å²) in [7, 11) is 0. The first-order valence-electron chi connectivity index (χ1n) is 6.82. The molecule has 110 valence electrons. The van der Waals surface area contributed by atoms with Crippen LogP contribution in [-0.2, 0) is 4.79 Å². The number of hydrogen-bond acceptors (Lipinski definition) is 2. The molecule has 0 aromatic heterocycles. The number of nitrogens with one attached hydrogen (secondary N) is 1. The number of carbonyl (C=O) groups excluding carboxylic acids is 1. The molecule has 0 radical (unpaired) electrons. The minimum atomic E-state index is -4.28. The van der Waals surface area contributed by atoms with Crippen LogP contribution < -0.4 is 5.32 Å². The topological polar surface area (TPSA) is 32.3 Å². The SMILES string of the molecule is CC(C)N1CCC2(CC1)CNC(=O)C[C@@H]2C(F)(F)F. The molecule has 0 bridgehead atoms. The lowest BCUT2D eigenvalue weighted by Gasteiger charge is -2.50. The molecular weight excluding hydrogens is 257 g/mol. The maximum absolute atomic E-state index is 13.2. The van der Waals surface area contributed by atoms with Gasteiger partial charge >= 0.3 is 6.18 Å². The smallest absolute Gasteiger partial charge is 0.356 e. The minimum Gasteiger partial charge on any atom is -0.356 e. The summed E-state index contributed by atoms with van der Waals surface area (Å²) >= 11 is 0. The van der Waals surface area contributed by atoms with Gasteiger partial charge in [-0.2, -0.15) is 13.2 Å². The van der Waals surface area contributed by atoms with E-state index < -0.39 is 29.8 Å². The zero-order valence-corrected chi connectivity index (χ0v) is 11.4. The molecule has 3 nitrogen and oxygen atoms in total. The van der Waals surface area contributed by atoms with E-state index in [2.05, 4.69) is 24.1 Å². The quantitative estimate of drug-likeness (QED) is 0.797. The Morgan fingerprint density at radius 1 is 1.32 bits per heavy atom. The second-order valence-electron chi connectivity index (χ2n) is 6.07. The Labute approximate surface area is 111 Å². The van der Waals surface area contributed by atoms with Crippen molar-refractivity contribution >= 4 is 5.91 Å². The van der Waals surface area contributed by atoms with E-state index in [0.29, 0.717) is 32.0 Å². The van der Waals surface area contributed by atoms with Crippen molar-refractivity contribution in [2.75, 3.05) is 19.6 Å². The van der Waals surface area contributed by atoms with Gasteiger partial charge in [0.2, 0.25) is 5.91 Å². The van der Waals surface area contributed by atoms with Crippen LogP contribution in [0, 0.1) is 11.3 Å². The summed E-state index contributed by atoms with van der Waals surface area (Å²) in [6.07, 6.45) is -3.67. The van der Waals surface area contributed by atoms with Gasteiger partial charge in [-0.25, -0.2) is 0 Å². The number of nitrogens with zero attached hydrogens (tertiary/aromatic N) is 1. The molecule has 0 aromatic carbocycles. The van der Waals surface area contributed by atoms with Crippen LogP contribution in [0.3, 0.4) is 0 Å². The Morgan fingerprint density at radius 3 is 2.37 bits per heavy atom. The number of piperidine rings is 2.